The van der Waals surface area contributed by atoms with Crippen LogP contribution in [0.25, 0.3) is 0 Å². The van der Waals surface area contributed by atoms with E-state index in [0.29, 0.717) is 25.7 Å². The lowest BCUT2D eigenvalue weighted by Gasteiger charge is -2.52. The van der Waals surface area contributed by atoms with Gasteiger partial charge in [0.1, 0.15) is 110 Å². The Morgan fingerprint density at radius 1 is 0.442 bits per heavy atom. The average molecular weight is 1120 g/mol. The van der Waals surface area contributed by atoms with Crippen LogP contribution in [0.15, 0.2) is 12.2 Å². The van der Waals surface area contributed by atoms with Crippen molar-refractivity contribution < 1.29 is 144 Å². The summed E-state index contributed by atoms with van der Waals surface area (Å²) in [6.07, 6.45) is -39.9. The molecule has 8 fully saturated rings. The van der Waals surface area contributed by atoms with Crippen molar-refractivity contribution in [3.63, 3.8) is 0 Å². The maximum atomic E-state index is 13.0. The first kappa shape index (κ1) is 61.2. The van der Waals surface area contributed by atoms with Gasteiger partial charge in [-0.25, -0.2) is 4.79 Å². The van der Waals surface area contributed by atoms with Gasteiger partial charge in [0.15, 0.2) is 25.2 Å². The van der Waals surface area contributed by atoms with Crippen LogP contribution < -0.4 is 0 Å². The van der Waals surface area contributed by atoms with Crippen LogP contribution >= 0.6 is 0 Å². The van der Waals surface area contributed by atoms with Gasteiger partial charge in [-0.05, 0) is 69.6 Å². The number of esters is 1. The zero-order chi connectivity index (χ0) is 55.7. The molecular formula is C48H78O29. The number of fused-ring (bicyclic) bond motifs is 1. The second-order valence-electron chi connectivity index (χ2n) is 21.7. The molecule has 8 rings (SSSR count). The fourth-order valence-corrected chi connectivity index (χ4v) is 12.0. The second kappa shape index (κ2) is 26.6. The van der Waals surface area contributed by atoms with Gasteiger partial charge in [-0.3, -0.25) is 0 Å². The average Bonchev–Trinajstić information content (AvgIpc) is 3.42. The van der Waals surface area contributed by atoms with Gasteiger partial charge in [-0.2, -0.15) is 0 Å². The molecule has 3 saturated carbocycles. The molecular weight excluding hydrogens is 1040 g/mol. The van der Waals surface area contributed by atoms with Crippen molar-refractivity contribution in [1.82, 2.24) is 0 Å². The van der Waals surface area contributed by atoms with Crippen LogP contribution in [0.5, 0.6) is 0 Å². The molecule has 0 radical (unpaired) electrons. The number of carbonyl (C=O) groups is 1. The highest BCUT2D eigenvalue weighted by atomic mass is 16.7. The number of allylic oxidation sites excluding steroid dienone is 1. The number of hydrogen-bond donors (Lipinski definition) is 18. The molecule has 3 aliphatic carbocycles. The molecule has 5 saturated heterocycles. The van der Waals surface area contributed by atoms with Crippen molar-refractivity contribution in [2.45, 2.75) is 236 Å². The first-order valence-electron chi connectivity index (χ1n) is 26.4. The summed E-state index contributed by atoms with van der Waals surface area (Å²) in [6.45, 7) is -2.90. The monoisotopic (exact) mass is 1120 g/mol. The molecule has 0 amide bonds. The van der Waals surface area contributed by atoms with Crippen LogP contribution in [0, 0.1) is 17.8 Å². The Hall–Kier alpha value is -1.87. The highest BCUT2D eigenvalue weighted by Gasteiger charge is 2.56. The number of carbonyl (C=O) groups excluding carboxylic acids is 1. The van der Waals surface area contributed by atoms with E-state index in [2.05, 4.69) is 0 Å². The Morgan fingerprint density at radius 3 is 1.34 bits per heavy atom. The zero-order valence-corrected chi connectivity index (χ0v) is 41.9. The predicted molar refractivity (Wildman–Crippen MR) is 246 cm³/mol. The summed E-state index contributed by atoms with van der Waals surface area (Å²) in [5.74, 6) is -2.58. The smallest absolute Gasteiger partial charge is 0.330 e. The Bertz CT molecular complexity index is 1880. The highest BCUT2D eigenvalue weighted by Crippen LogP contribution is 2.45. The molecule has 30 atom stereocenters. The molecule has 29 heteroatoms. The molecule has 0 aromatic heterocycles. The van der Waals surface area contributed by atoms with Gasteiger partial charge in [0.05, 0.1) is 68.7 Å². The Kier molecular flexibility index (Phi) is 21.1. The number of aliphatic hydroxyl groups excluding tert-OH is 18. The summed E-state index contributed by atoms with van der Waals surface area (Å²) in [5.41, 5.74) is 0. The van der Waals surface area contributed by atoms with E-state index in [0.717, 1.165) is 6.08 Å². The number of rotatable bonds is 16. The third kappa shape index (κ3) is 13.6. The maximum Gasteiger partial charge on any atom is 0.330 e. The summed E-state index contributed by atoms with van der Waals surface area (Å²) in [6, 6.07) is 0. The van der Waals surface area contributed by atoms with Crippen LogP contribution in [0.4, 0.5) is 0 Å². The largest absolute Gasteiger partial charge is 0.460 e. The molecule has 29 nitrogen and oxygen atoms in total. The van der Waals surface area contributed by atoms with Crippen LogP contribution in [0.2, 0.25) is 0 Å². The van der Waals surface area contributed by atoms with Crippen LogP contribution in [-0.4, -0.2) is 302 Å². The SMILES string of the molecule is O=C(C=CC1CCC(OC2OC(CO)C(O)C(O)C2O)CC1)OCC1OC(OC2CC(C3OC4CC(O)CC(O)C4CC3OC3OC(CO)C(O)C(O)C3O)CC(OC3OC(CO)C(O)C(O)C3O)C2O)C(O)C(O)C1O. The van der Waals surface area contributed by atoms with E-state index in [9.17, 15) is 96.7 Å². The molecule has 8 aliphatic rings. The van der Waals surface area contributed by atoms with Crippen molar-refractivity contribution in [1.29, 1.82) is 0 Å². The molecule has 77 heavy (non-hydrogen) atoms. The normalized spacial score (nSPS) is 52.0. The molecule has 5 heterocycles. The van der Waals surface area contributed by atoms with E-state index in [4.69, 9.17) is 47.4 Å². The fraction of sp³-hybridized carbons (Fsp3) is 0.938. The predicted octanol–water partition coefficient (Wildman–Crippen LogP) is -8.92. The van der Waals surface area contributed by atoms with Crippen molar-refractivity contribution in [2.24, 2.45) is 17.8 Å². The molecule has 0 bridgehead atoms. The molecule has 0 aromatic rings. The molecule has 444 valence electrons. The summed E-state index contributed by atoms with van der Waals surface area (Å²) in [7, 11) is 0. The quantitative estimate of drug-likeness (QED) is 0.0504. The van der Waals surface area contributed by atoms with Crippen molar-refractivity contribution in [2.75, 3.05) is 26.4 Å². The van der Waals surface area contributed by atoms with Crippen molar-refractivity contribution in [3.05, 3.63) is 12.2 Å². The van der Waals surface area contributed by atoms with Crippen LogP contribution in [-0.2, 0) is 52.2 Å². The minimum atomic E-state index is -2.01. The first-order chi connectivity index (χ1) is 36.6. The Balaban J connectivity index is 0.956. The topological polar surface area (TPSA) is 474 Å². The van der Waals surface area contributed by atoms with E-state index in [-0.39, 0.29) is 38.0 Å². The van der Waals surface area contributed by atoms with E-state index in [1.807, 2.05) is 0 Å². The number of aliphatic hydroxyl groups is 18. The van der Waals surface area contributed by atoms with Crippen molar-refractivity contribution >= 4 is 5.97 Å². The van der Waals surface area contributed by atoms with E-state index < -0.39 is 222 Å². The highest BCUT2D eigenvalue weighted by molar-refractivity contribution is 5.81. The van der Waals surface area contributed by atoms with E-state index >= 15 is 0 Å². The van der Waals surface area contributed by atoms with Crippen LogP contribution in [0.3, 0.4) is 0 Å². The number of hydrogen-bond acceptors (Lipinski definition) is 29. The third-order valence-corrected chi connectivity index (χ3v) is 16.6. The van der Waals surface area contributed by atoms with Crippen LogP contribution in [0.1, 0.15) is 57.8 Å². The molecule has 5 aliphatic heterocycles. The minimum absolute atomic E-state index is 0.0117. The fourth-order valence-electron chi connectivity index (χ4n) is 12.0. The van der Waals surface area contributed by atoms with Gasteiger partial charge in [0, 0.05) is 12.0 Å². The maximum absolute atomic E-state index is 13.0. The van der Waals surface area contributed by atoms with Gasteiger partial charge >= 0.3 is 5.97 Å². The Labute approximate surface area is 441 Å². The summed E-state index contributed by atoms with van der Waals surface area (Å²) in [5, 5.41) is 191. The standard InChI is InChI=1S/C48H78O29/c49-12-26-32(56)36(60)40(64)45(74-26)69-19-4-1-16(2-5-19)3-6-30(54)68-15-29-35(59)39(63)43(67)47(77-29)72-24-8-17(7-23(31(24)55)71-46-41(65)37(61)33(57)27(13-50)75-46)44-25(11-20-21(53)9-18(52)10-22(20)70-44)73-48-42(66)38(62)34(58)28(14-51)76-48/h3,6,16-29,31-53,55-67H,1-2,4-5,7-15H2. The zero-order valence-electron chi connectivity index (χ0n) is 41.9. The summed E-state index contributed by atoms with van der Waals surface area (Å²) >= 11 is 0. The van der Waals surface area contributed by atoms with Gasteiger partial charge in [0.2, 0.25) is 0 Å². The molecule has 0 spiro atoms. The number of ether oxygens (including phenoxy) is 10. The van der Waals surface area contributed by atoms with Gasteiger partial charge in [-0.1, -0.05) is 6.08 Å². The first-order valence-corrected chi connectivity index (χ1v) is 26.4. The summed E-state index contributed by atoms with van der Waals surface area (Å²) in [4.78, 5) is 13.0. The van der Waals surface area contributed by atoms with E-state index in [1.54, 1.807) is 6.08 Å². The Morgan fingerprint density at radius 2 is 0.870 bits per heavy atom. The van der Waals surface area contributed by atoms with E-state index in [1.165, 1.54) is 0 Å². The molecule has 30 unspecified atom stereocenters. The summed E-state index contributed by atoms with van der Waals surface area (Å²) < 4.78 is 59.1. The lowest BCUT2D eigenvalue weighted by Crippen LogP contribution is -2.64. The lowest BCUT2D eigenvalue weighted by atomic mass is 9.72. The second-order valence-corrected chi connectivity index (χ2v) is 21.7. The lowest BCUT2D eigenvalue weighted by molar-refractivity contribution is -0.349. The molecule has 18 N–H and O–H groups in total. The molecule has 0 aromatic carbocycles. The van der Waals surface area contributed by atoms with Gasteiger partial charge < -0.3 is 139 Å². The van der Waals surface area contributed by atoms with Gasteiger partial charge in [0.25, 0.3) is 0 Å². The van der Waals surface area contributed by atoms with Gasteiger partial charge in [-0.15, -0.1) is 0 Å². The van der Waals surface area contributed by atoms with Crippen molar-refractivity contribution in [3.8, 4) is 0 Å². The third-order valence-electron chi connectivity index (χ3n) is 16.6. The minimum Gasteiger partial charge on any atom is -0.460 e.